The maximum absolute atomic E-state index is 10.5. The fourth-order valence-corrected chi connectivity index (χ4v) is 3.74. The number of carboxylic acids is 1. The Morgan fingerprint density at radius 1 is 1.08 bits per heavy atom. The van der Waals surface area contributed by atoms with Crippen LogP contribution < -0.4 is 0 Å². The molecule has 1 unspecified atom stereocenters. The molecule has 0 saturated heterocycles. The van der Waals surface area contributed by atoms with Crippen molar-refractivity contribution in [1.29, 1.82) is 0 Å². The second-order valence-electron chi connectivity index (χ2n) is 7.41. The van der Waals surface area contributed by atoms with E-state index in [2.05, 4.69) is 6.92 Å². The zero-order chi connectivity index (χ0) is 18.7. The molecule has 1 rings (SSSR count). The van der Waals surface area contributed by atoms with Gasteiger partial charge in [-0.05, 0) is 25.2 Å². The molecule has 0 spiro atoms. The van der Waals surface area contributed by atoms with Crippen molar-refractivity contribution in [2.75, 3.05) is 0 Å². The molecule has 0 aromatic rings. The van der Waals surface area contributed by atoms with Gasteiger partial charge in [-0.2, -0.15) is 0 Å². The number of aliphatic carboxylic acids is 1. The predicted molar refractivity (Wildman–Crippen MR) is 98.2 cm³/mol. The molecular formula is C20H36O5. The Balaban J connectivity index is 2.38. The Kier molecular flexibility index (Phi) is 11.0. The van der Waals surface area contributed by atoms with Crippen LogP contribution >= 0.6 is 0 Å². The van der Waals surface area contributed by atoms with Crippen LogP contribution in [0.3, 0.4) is 0 Å². The molecule has 5 nitrogen and oxygen atoms in total. The van der Waals surface area contributed by atoms with Gasteiger partial charge in [-0.1, -0.05) is 57.6 Å². The highest BCUT2D eigenvalue weighted by molar-refractivity contribution is 5.66. The summed E-state index contributed by atoms with van der Waals surface area (Å²) in [4.78, 5) is 10.5. The van der Waals surface area contributed by atoms with E-state index >= 15 is 0 Å². The normalized spacial score (nSPS) is 27.8. The fourth-order valence-electron chi connectivity index (χ4n) is 3.74. The van der Waals surface area contributed by atoms with E-state index in [1.807, 2.05) is 6.08 Å². The fraction of sp³-hybridized carbons (Fsp3) is 0.850. The van der Waals surface area contributed by atoms with Crippen molar-refractivity contribution < 1.29 is 25.2 Å². The maximum atomic E-state index is 10.5. The molecule has 1 saturated carbocycles. The summed E-state index contributed by atoms with van der Waals surface area (Å²) in [6.45, 7) is 2.13. The van der Waals surface area contributed by atoms with Crippen LogP contribution in [0.4, 0.5) is 0 Å². The monoisotopic (exact) mass is 356 g/mol. The Morgan fingerprint density at radius 2 is 1.80 bits per heavy atom. The van der Waals surface area contributed by atoms with E-state index in [0.717, 1.165) is 51.4 Å². The van der Waals surface area contributed by atoms with Crippen LogP contribution in [0.5, 0.6) is 0 Å². The van der Waals surface area contributed by atoms with Gasteiger partial charge in [0.05, 0.1) is 18.3 Å². The van der Waals surface area contributed by atoms with Gasteiger partial charge in [-0.3, -0.25) is 4.79 Å². The lowest BCUT2D eigenvalue weighted by Gasteiger charge is -2.21. The van der Waals surface area contributed by atoms with Crippen molar-refractivity contribution >= 4 is 5.97 Å². The molecule has 0 aliphatic heterocycles. The van der Waals surface area contributed by atoms with Crippen LogP contribution in [0.15, 0.2) is 12.2 Å². The van der Waals surface area contributed by atoms with Crippen LogP contribution in [0, 0.1) is 11.8 Å². The lowest BCUT2D eigenvalue weighted by atomic mass is 9.88. The Morgan fingerprint density at radius 3 is 2.48 bits per heavy atom. The second-order valence-corrected chi connectivity index (χ2v) is 7.41. The summed E-state index contributed by atoms with van der Waals surface area (Å²) in [5.74, 6) is -0.833. The summed E-state index contributed by atoms with van der Waals surface area (Å²) in [5, 5.41) is 39.0. The van der Waals surface area contributed by atoms with Gasteiger partial charge in [0.1, 0.15) is 0 Å². The first-order valence-electron chi connectivity index (χ1n) is 9.90. The first-order valence-corrected chi connectivity index (χ1v) is 9.90. The standard InChI is InChI=1S/C20H36O5/c1-2-3-6-9-15(21)12-13-17-16(18(22)14-19(17)23)10-7-4-5-8-11-20(24)25/h12-13,15-19,21-23H,2-11,14H2,1H3,(H,24,25)/t15?,16-,17-,18+,19-/m1/s1. The molecule has 0 amide bonds. The van der Waals surface area contributed by atoms with Gasteiger partial charge in [0, 0.05) is 18.8 Å². The molecule has 146 valence electrons. The number of aliphatic hydroxyl groups excluding tert-OH is 3. The van der Waals surface area contributed by atoms with Gasteiger partial charge in [0.25, 0.3) is 0 Å². The summed E-state index contributed by atoms with van der Waals surface area (Å²) in [5.41, 5.74) is 0. The zero-order valence-electron chi connectivity index (χ0n) is 15.5. The number of hydrogen-bond acceptors (Lipinski definition) is 4. The minimum absolute atomic E-state index is 0.0218. The molecule has 1 aliphatic carbocycles. The quantitative estimate of drug-likeness (QED) is 0.300. The Hall–Kier alpha value is -0.910. The molecule has 0 aromatic carbocycles. The number of carboxylic acid groups (broad SMARTS) is 1. The number of rotatable bonds is 13. The summed E-state index contributed by atoms with van der Waals surface area (Å²) < 4.78 is 0. The number of hydrogen-bond donors (Lipinski definition) is 4. The van der Waals surface area contributed by atoms with Crippen LogP contribution in [0.25, 0.3) is 0 Å². The highest BCUT2D eigenvalue weighted by atomic mass is 16.4. The maximum Gasteiger partial charge on any atom is 0.303 e. The lowest BCUT2D eigenvalue weighted by molar-refractivity contribution is -0.137. The predicted octanol–water partition coefficient (Wildman–Crippen LogP) is 3.27. The number of aliphatic hydroxyl groups is 3. The van der Waals surface area contributed by atoms with Gasteiger partial charge in [-0.15, -0.1) is 0 Å². The molecule has 4 N–H and O–H groups in total. The van der Waals surface area contributed by atoms with Gasteiger partial charge in [-0.25, -0.2) is 0 Å². The van der Waals surface area contributed by atoms with Crippen molar-refractivity contribution in [1.82, 2.24) is 0 Å². The van der Waals surface area contributed by atoms with Crippen LogP contribution in [0.1, 0.15) is 77.6 Å². The molecule has 0 bridgehead atoms. The average Bonchev–Trinajstić information content (AvgIpc) is 2.82. The van der Waals surface area contributed by atoms with Crippen molar-refractivity contribution in [3.8, 4) is 0 Å². The largest absolute Gasteiger partial charge is 0.481 e. The molecule has 5 atom stereocenters. The van der Waals surface area contributed by atoms with Crippen LogP contribution in [-0.4, -0.2) is 44.7 Å². The molecular weight excluding hydrogens is 320 g/mol. The molecule has 0 aromatic heterocycles. The summed E-state index contributed by atoms with van der Waals surface area (Å²) in [7, 11) is 0. The van der Waals surface area contributed by atoms with E-state index in [1.165, 1.54) is 0 Å². The first kappa shape index (κ1) is 22.1. The minimum Gasteiger partial charge on any atom is -0.481 e. The average molecular weight is 357 g/mol. The SMILES string of the molecule is CCCCCC(O)C=C[C@@H]1[C@@H](CCCCCCC(=O)O)[C@@H](O)C[C@H]1O. The van der Waals surface area contributed by atoms with E-state index in [1.54, 1.807) is 6.08 Å². The van der Waals surface area contributed by atoms with Crippen molar-refractivity contribution in [3.63, 3.8) is 0 Å². The van der Waals surface area contributed by atoms with Crippen LogP contribution in [0.2, 0.25) is 0 Å². The smallest absolute Gasteiger partial charge is 0.303 e. The third-order valence-corrected chi connectivity index (χ3v) is 5.25. The van der Waals surface area contributed by atoms with Crippen LogP contribution in [-0.2, 0) is 4.79 Å². The third-order valence-electron chi connectivity index (χ3n) is 5.25. The topological polar surface area (TPSA) is 98.0 Å². The molecule has 5 heteroatoms. The van der Waals surface area contributed by atoms with E-state index in [0.29, 0.717) is 12.8 Å². The van der Waals surface area contributed by atoms with E-state index in [-0.39, 0.29) is 18.3 Å². The van der Waals surface area contributed by atoms with E-state index < -0.39 is 24.3 Å². The second kappa shape index (κ2) is 12.4. The molecule has 0 heterocycles. The lowest BCUT2D eigenvalue weighted by Crippen LogP contribution is -2.21. The number of unbranched alkanes of at least 4 members (excludes halogenated alkanes) is 5. The molecule has 1 fully saturated rings. The molecule has 1 aliphatic rings. The zero-order valence-corrected chi connectivity index (χ0v) is 15.5. The van der Waals surface area contributed by atoms with Crippen molar-refractivity contribution in [3.05, 3.63) is 12.2 Å². The van der Waals surface area contributed by atoms with Gasteiger partial charge >= 0.3 is 5.97 Å². The summed E-state index contributed by atoms with van der Waals surface area (Å²) in [6.07, 6.45) is 11.0. The number of carbonyl (C=O) groups is 1. The summed E-state index contributed by atoms with van der Waals surface area (Å²) >= 11 is 0. The van der Waals surface area contributed by atoms with E-state index in [9.17, 15) is 20.1 Å². The summed E-state index contributed by atoms with van der Waals surface area (Å²) in [6, 6.07) is 0. The molecule has 0 radical (unpaired) electrons. The highest BCUT2D eigenvalue weighted by Gasteiger charge is 2.39. The highest BCUT2D eigenvalue weighted by Crippen LogP contribution is 2.37. The van der Waals surface area contributed by atoms with Crippen molar-refractivity contribution in [2.24, 2.45) is 11.8 Å². The van der Waals surface area contributed by atoms with E-state index in [4.69, 9.17) is 5.11 Å². The molecule has 25 heavy (non-hydrogen) atoms. The first-order chi connectivity index (χ1) is 12.0. The van der Waals surface area contributed by atoms with Gasteiger partial charge in [0.2, 0.25) is 0 Å². The van der Waals surface area contributed by atoms with Gasteiger partial charge in [0.15, 0.2) is 0 Å². The van der Waals surface area contributed by atoms with Crippen molar-refractivity contribution in [2.45, 2.75) is 95.9 Å². The minimum atomic E-state index is -0.753. The van der Waals surface area contributed by atoms with Gasteiger partial charge < -0.3 is 20.4 Å². The third kappa shape index (κ3) is 8.84. The Labute approximate surface area is 151 Å². The Bertz CT molecular complexity index is 396.